The first-order valence-electron chi connectivity index (χ1n) is 5.91. The normalized spacial score (nSPS) is 10.9. The van der Waals surface area contributed by atoms with E-state index in [1.807, 2.05) is 0 Å². The van der Waals surface area contributed by atoms with Crippen LogP contribution in [0.15, 0.2) is 0 Å². The molecule has 106 valence electrons. The van der Waals surface area contributed by atoms with Crippen LogP contribution in [0.2, 0.25) is 6.04 Å². The molecule has 0 bridgehead atoms. The molecule has 0 aromatic rings. The van der Waals surface area contributed by atoms with Crippen LogP contribution in [-0.2, 0) is 13.3 Å². The average Bonchev–Trinajstić information content (AvgIpc) is 2.35. The fourth-order valence-corrected chi connectivity index (χ4v) is 3.15. The maximum atomic E-state index is 7.57. The highest BCUT2D eigenvalue weighted by Crippen LogP contribution is 2.15. The highest BCUT2D eigenvalue weighted by Gasteiger charge is 2.37. The SMILES string of the molecule is CCO.CO[Si](CCCN)(OC)OCCCN. The zero-order chi connectivity index (χ0) is 13.6. The largest absolute Gasteiger partial charge is 0.500 e. The Morgan fingerprint density at radius 1 is 1.06 bits per heavy atom. The van der Waals surface area contributed by atoms with Gasteiger partial charge in [0.2, 0.25) is 0 Å². The minimum Gasteiger partial charge on any atom is -0.397 e. The highest BCUT2D eigenvalue weighted by atomic mass is 28.4. The van der Waals surface area contributed by atoms with E-state index >= 15 is 0 Å². The highest BCUT2D eigenvalue weighted by molar-refractivity contribution is 6.60. The van der Waals surface area contributed by atoms with Crippen LogP contribution in [0.4, 0.5) is 0 Å². The van der Waals surface area contributed by atoms with Gasteiger partial charge < -0.3 is 29.9 Å². The second-order valence-corrected chi connectivity index (χ2v) is 6.26. The molecule has 0 aromatic carbocycles. The summed E-state index contributed by atoms with van der Waals surface area (Å²) in [6, 6.07) is 0.765. The van der Waals surface area contributed by atoms with Crippen molar-refractivity contribution in [2.75, 3.05) is 40.5 Å². The predicted molar refractivity (Wildman–Crippen MR) is 70.6 cm³/mol. The van der Waals surface area contributed by atoms with E-state index in [2.05, 4.69) is 0 Å². The molecule has 0 saturated heterocycles. The Labute approximate surface area is 106 Å². The Kier molecular flexibility index (Phi) is 16.0. The van der Waals surface area contributed by atoms with Crippen molar-refractivity contribution in [2.24, 2.45) is 11.5 Å². The maximum absolute atomic E-state index is 7.57. The van der Waals surface area contributed by atoms with Crippen LogP contribution >= 0.6 is 0 Å². The molecular formula is C10H28N2O4Si. The summed E-state index contributed by atoms with van der Waals surface area (Å²) in [5.74, 6) is 0. The molecule has 0 aliphatic heterocycles. The lowest BCUT2D eigenvalue weighted by Gasteiger charge is -2.26. The van der Waals surface area contributed by atoms with Crippen molar-refractivity contribution < 1.29 is 18.4 Å². The van der Waals surface area contributed by atoms with E-state index in [0.717, 1.165) is 18.9 Å². The van der Waals surface area contributed by atoms with Crippen molar-refractivity contribution in [1.29, 1.82) is 0 Å². The molecule has 0 rings (SSSR count). The van der Waals surface area contributed by atoms with Crippen molar-refractivity contribution in [3.63, 3.8) is 0 Å². The first-order valence-corrected chi connectivity index (χ1v) is 7.84. The summed E-state index contributed by atoms with van der Waals surface area (Å²) in [6.45, 7) is 3.77. The molecule has 6 nitrogen and oxygen atoms in total. The fourth-order valence-electron chi connectivity index (χ4n) is 1.11. The van der Waals surface area contributed by atoms with Crippen LogP contribution < -0.4 is 11.5 Å². The van der Waals surface area contributed by atoms with Crippen LogP contribution in [0.1, 0.15) is 19.8 Å². The molecule has 0 unspecified atom stereocenters. The number of hydrogen-bond acceptors (Lipinski definition) is 6. The van der Waals surface area contributed by atoms with Gasteiger partial charge in [-0.25, -0.2) is 0 Å². The molecule has 0 aliphatic rings. The number of aliphatic hydroxyl groups excluding tert-OH is 1. The van der Waals surface area contributed by atoms with Crippen LogP contribution in [0, 0.1) is 0 Å². The quantitative estimate of drug-likeness (QED) is 0.400. The first kappa shape index (κ1) is 19.3. The molecule has 0 radical (unpaired) electrons. The molecule has 0 spiro atoms. The van der Waals surface area contributed by atoms with Gasteiger partial charge in [0.15, 0.2) is 0 Å². The van der Waals surface area contributed by atoms with Gasteiger partial charge in [0, 0.05) is 33.5 Å². The number of rotatable bonds is 9. The molecule has 0 atom stereocenters. The molecule has 0 saturated carbocycles. The molecule has 0 aliphatic carbocycles. The van der Waals surface area contributed by atoms with Gasteiger partial charge in [-0.1, -0.05) is 0 Å². The Morgan fingerprint density at radius 2 is 1.53 bits per heavy atom. The lowest BCUT2D eigenvalue weighted by Crippen LogP contribution is -2.44. The van der Waals surface area contributed by atoms with E-state index in [1.165, 1.54) is 0 Å². The molecule has 0 fully saturated rings. The second kappa shape index (κ2) is 14.0. The number of hydrogen-bond donors (Lipinski definition) is 3. The summed E-state index contributed by atoms with van der Waals surface area (Å²) in [7, 11) is 0.802. The molecule has 0 amide bonds. The Balaban J connectivity index is 0. The molecule has 0 aromatic heterocycles. The zero-order valence-corrected chi connectivity index (χ0v) is 12.3. The minimum atomic E-state index is -2.44. The van der Waals surface area contributed by atoms with E-state index in [0.29, 0.717) is 19.7 Å². The Hall–Kier alpha value is -0.0231. The van der Waals surface area contributed by atoms with Gasteiger partial charge >= 0.3 is 8.80 Å². The van der Waals surface area contributed by atoms with Gasteiger partial charge in [-0.15, -0.1) is 0 Å². The lowest BCUT2D eigenvalue weighted by molar-refractivity contribution is 0.0973. The Morgan fingerprint density at radius 3 is 1.88 bits per heavy atom. The summed E-state index contributed by atoms with van der Waals surface area (Å²) in [4.78, 5) is 0. The Bertz CT molecular complexity index is 148. The average molecular weight is 268 g/mol. The second-order valence-electron chi connectivity index (χ2n) is 3.29. The van der Waals surface area contributed by atoms with Gasteiger partial charge in [0.25, 0.3) is 0 Å². The van der Waals surface area contributed by atoms with Gasteiger partial charge in [0.1, 0.15) is 0 Å². The molecule has 0 heterocycles. The minimum absolute atomic E-state index is 0.250. The molecular weight excluding hydrogens is 240 g/mol. The van der Waals surface area contributed by atoms with Crippen LogP contribution in [0.3, 0.4) is 0 Å². The van der Waals surface area contributed by atoms with Gasteiger partial charge in [-0.05, 0) is 32.9 Å². The summed E-state index contributed by atoms with van der Waals surface area (Å²) >= 11 is 0. The maximum Gasteiger partial charge on any atom is 0.500 e. The van der Waals surface area contributed by atoms with Crippen LogP contribution in [-0.4, -0.2) is 54.4 Å². The van der Waals surface area contributed by atoms with Crippen molar-refractivity contribution in [1.82, 2.24) is 0 Å². The smallest absolute Gasteiger partial charge is 0.397 e. The molecule has 17 heavy (non-hydrogen) atoms. The summed E-state index contributed by atoms with van der Waals surface area (Å²) < 4.78 is 16.3. The van der Waals surface area contributed by atoms with Gasteiger partial charge in [0.05, 0.1) is 0 Å². The fraction of sp³-hybridized carbons (Fsp3) is 1.00. The van der Waals surface area contributed by atoms with Crippen molar-refractivity contribution in [2.45, 2.75) is 25.8 Å². The third-order valence-corrected chi connectivity index (χ3v) is 4.83. The monoisotopic (exact) mass is 268 g/mol. The van der Waals surface area contributed by atoms with Crippen molar-refractivity contribution >= 4 is 8.80 Å². The van der Waals surface area contributed by atoms with Crippen LogP contribution in [0.5, 0.6) is 0 Å². The summed E-state index contributed by atoms with van der Waals surface area (Å²) in [5, 5.41) is 7.57. The topological polar surface area (TPSA) is 100.0 Å². The van der Waals surface area contributed by atoms with Gasteiger partial charge in [-0.2, -0.15) is 0 Å². The van der Waals surface area contributed by atoms with Crippen molar-refractivity contribution in [3.8, 4) is 0 Å². The van der Waals surface area contributed by atoms with Crippen molar-refractivity contribution in [3.05, 3.63) is 0 Å². The predicted octanol–water partition coefficient (Wildman–Crippen LogP) is -0.0691. The number of nitrogens with two attached hydrogens (primary N) is 2. The van der Waals surface area contributed by atoms with E-state index in [-0.39, 0.29) is 6.61 Å². The van der Waals surface area contributed by atoms with Crippen LogP contribution in [0.25, 0.3) is 0 Å². The van der Waals surface area contributed by atoms with E-state index in [1.54, 1.807) is 21.1 Å². The summed E-state index contributed by atoms with van der Waals surface area (Å²) in [6.07, 6.45) is 1.68. The lowest BCUT2D eigenvalue weighted by atomic mass is 10.5. The van der Waals surface area contributed by atoms with E-state index in [9.17, 15) is 0 Å². The standard InChI is InChI=1S/C8H22N2O3Si.C2H6O/c1-11-14(12-2,8-4-6-10)13-7-3-5-9;1-2-3/h3-10H2,1-2H3;3H,2H2,1H3. The summed E-state index contributed by atoms with van der Waals surface area (Å²) in [5.41, 5.74) is 10.8. The third kappa shape index (κ3) is 10.8. The third-order valence-electron chi connectivity index (χ3n) is 1.98. The molecule has 5 N–H and O–H groups in total. The van der Waals surface area contributed by atoms with Gasteiger partial charge in [-0.3, -0.25) is 0 Å². The zero-order valence-electron chi connectivity index (χ0n) is 11.3. The first-order chi connectivity index (χ1) is 8.16. The van der Waals surface area contributed by atoms with E-state index in [4.69, 9.17) is 29.9 Å². The molecule has 7 heteroatoms. The van der Waals surface area contributed by atoms with E-state index < -0.39 is 8.80 Å². The number of aliphatic hydroxyl groups is 1.